The first kappa shape index (κ1) is 16.4. The van der Waals surface area contributed by atoms with Crippen LogP contribution >= 0.6 is 23.1 Å². The van der Waals surface area contributed by atoms with E-state index in [1.54, 1.807) is 6.92 Å². The molecule has 0 aliphatic rings. The van der Waals surface area contributed by atoms with Gasteiger partial charge in [-0.3, -0.25) is 14.2 Å². The number of thiazole rings is 1. The second-order valence-corrected chi connectivity index (χ2v) is 6.63. The van der Waals surface area contributed by atoms with E-state index in [4.69, 9.17) is 5.73 Å². The summed E-state index contributed by atoms with van der Waals surface area (Å²) in [5.74, 6) is 0.618. The van der Waals surface area contributed by atoms with E-state index in [0.29, 0.717) is 20.9 Å². The molecule has 0 radical (unpaired) electrons. The second-order valence-electron chi connectivity index (χ2n) is 4.40. The quantitative estimate of drug-likeness (QED) is 0.606. The summed E-state index contributed by atoms with van der Waals surface area (Å²) < 4.78 is 1.54. The maximum absolute atomic E-state index is 12.1. The van der Waals surface area contributed by atoms with Gasteiger partial charge in [-0.2, -0.15) is 0 Å². The van der Waals surface area contributed by atoms with Crippen molar-refractivity contribution in [2.24, 2.45) is 0 Å². The fourth-order valence-corrected chi connectivity index (χ4v) is 3.31. The average molecular weight is 340 g/mol. The molecule has 2 aromatic rings. The van der Waals surface area contributed by atoms with Crippen LogP contribution in [0.3, 0.4) is 0 Å². The SMILES string of the molecule is CCSc1nnc(N)n1CC(=O)Nc1nc(C)c(C(C)=O)s1. The van der Waals surface area contributed by atoms with Crippen LogP contribution in [0.25, 0.3) is 0 Å². The molecule has 0 unspecified atom stereocenters. The first-order valence-electron chi connectivity index (χ1n) is 6.52. The summed E-state index contributed by atoms with van der Waals surface area (Å²) >= 11 is 2.61. The molecule has 2 rings (SSSR count). The van der Waals surface area contributed by atoms with Crippen LogP contribution in [0, 0.1) is 6.92 Å². The van der Waals surface area contributed by atoms with Crippen molar-refractivity contribution in [2.75, 3.05) is 16.8 Å². The van der Waals surface area contributed by atoms with Crippen molar-refractivity contribution in [1.82, 2.24) is 19.7 Å². The number of nitrogen functional groups attached to an aromatic ring is 1. The van der Waals surface area contributed by atoms with Gasteiger partial charge in [-0.15, -0.1) is 10.2 Å². The number of carbonyl (C=O) groups is 2. The number of amides is 1. The Labute approximate surface area is 135 Å². The van der Waals surface area contributed by atoms with Gasteiger partial charge in [0, 0.05) is 6.92 Å². The standard InChI is InChI=1S/C12H16N6O2S2/c1-4-21-12-17-16-10(13)18(12)5-8(20)15-11-14-6(2)9(22-11)7(3)19/h4-5H2,1-3H3,(H2,13,16)(H,14,15,20). The normalized spacial score (nSPS) is 10.7. The molecule has 0 fully saturated rings. The van der Waals surface area contributed by atoms with Gasteiger partial charge >= 0.3 is 0 Å². The summed E-state index contributed by atoms with van der Waals surface area (Å²) in [4.78, 5) is 28.2. The Morgan fingerprint density at radius 1 is 1.41 bits per heavy atom. The molecule has 1 amide bonds. The monoisotopic (exact) mass is 340 g/mol. The lowest BCUT2D eigenvalue weighted by atomic mass is 10.3. The number of Topliss-reactive ketones (excluding diaryl/α,β-unsaturated/α-hetero) is 1. The number of nitrogens with two attached hydrogens (primary N) is 1. The number of nitrogens with one attached hydrogen (secondary N) is 1. The maximum Gasteiger partial charge on any atom is 0.246 e. The Kier molecular flexibility index (Phi) is 5.14. The fourth-order valence-electron chi connectivity index (χ4n) is 1.76. The van der Waals surface area contributed by atoms with Crippen LogP contribution in [-0.2, 0) is 11.3 Å². The number of hydrogen-bond donors (Lipinski definition) is 2. The molecule has 0 aromatic carbocycles. The molecule has 0 saturated carbocycles. The fraction of sp³-hybridized carbons (Fsp3) is 0.417. The summed E-state index contributed by atoms with van der Waals surface area (Å²) in [6.45, 7) is 5.17. The Morgan fingerprint density at radius 2 is 2.14 bits per heavy atom. The van der Waals surface area contributed by atoms with E-state index in [1.807, 2.05) is 6.92 Å². The van der Waals surface area contributed by atoms with Gasteiger partial charge < -0.3 is 11.1 Å². The smallest absolute Gasteiger partial charge is 0.246 e. The Bertz CT molecular complexity index is 709. The number of aryl methyl sites for hydroxylation is 1. The molecular formula is C12H16N6O2S2. The van der Waals surface area contributed by atoms with Crippen LogP contribution in [0.4, 0.5) is 11.1 Å². The van der Waals surface area contributed by atoms with Crippen molar-refractivity contribution in [3.05, 3.63) is 10.6 Å². The number of anilines is 2. The molecule has 2 heterocycles. The molecule has 0 aliphatic carbocycles. The summed E-state index contributed by atoms with van der Waals surface area (Å²) in [6.07, 6.45) is 0. The predicted octanol–water partition coefficient (Wildman–Crippen LogP) is 1.58. The van der Waals surface area contributed by atoms with Crippen LogP contribution in [-0.4, -0.2) is 37.2 Å². The molecule has 22 heavy (non-hydrogen) atoms. The first-order chi connectivity index (χ1) is 10.4. The minimum atomic E-state index is -0.298. The molecule has 2 aromatic heterocycles. The third-order valence-electron chi connectivity index (χ3n) is 2.68. The molecule has 0 atom stereocenters. The maximum atomic E-state index is 12.1. The molecule has 118 valence electrons. The first-order valence-corrected chi connectivity index (χ1v) is 8.32. The zero-order chi connectivity index (χ0) is 16.3. The molecule has 8 nitrogen and oxygen atoms in total. The van der Waals surface area contributed by atoms with E-state index < -0.39 is 0 Å². The molecule has 0 bridgehead atoms. The lowest BCUT2D eigenvalue weighted by Gasteiger charge is -2.06. The highest BCUT2D eigenvalue weighted by Gasteiger charge is 2.16. The van der Waals surface area contributed by atoms with Gasteiger partial charge in [-0.1, -0.05) is 30.0 Å². The summed E-state index contributed by atoms with van der Waals surface area (Å²) in [5.41, 5.74) is 6.33. The number of carbonyl (C=O) groups excluding carboxylic acids is 2. The lowest BCUT2D eigenvalue weighted by Crippen LogP contribution is -2.20. The summed E-state index contributed by atoms with van der Waals surface area (Å²) in [7, 11) is 0. The second kappa shape index (κ2) is 6.88. The number of hydrogen-bond acceptors (Lipinski definition) is 8. The van der Waals surface area contributed by atoms with Gasteiger partial charge in [-0.05, 0) is 12.7 Å². The van der Waals surface area contributed by atoms with Crippen molar-refractivity contribution >= 4 is 45.9 Å². The van der Waals surface area contributed by atoms with Crippen molar-refractivity contribution in [2.45, 2.75) is 32.5 Å². The molecule has 0 spiro atoms. The molecule has 10 heteroatoms. The predicted molar refractivity (Wildman–Crippen MR) is 86.3 cm³/mol. The Morgan fingerprint density at radius 3 is 2.73 bits per heavy atom. The zero-order valence-corrected chi connectivity index (χ0v) is 14.0. The number of thioether (sulfide) groups is 1. The number of rotatable bonds is 6. The van der Waals surface area contributed by atoms with Gasteiger partial charge in [0.05, 0.1) is 10.6 Å². The van der Waals surface area contributed by atoms with E-state index in [9.17, 15) is 9.59 Å². The van der Waals surface area contributed by atoms with Crippen LogP contribution in [0.15, 0.2) is 5.16 Å². The van der Waals surface area contributed by atoms with E-state index in [2.05, 4.69) is 20.5 Å². The van der Waals surface area contributed by atoms with Gasteiger partial charge in [0.1, 0.15) is 6.54 Å². The zero-order valence-electron chi connectivity index (χ0n) is 12.4. The highest BCUT2D eigenvalue weighted by Crippen LogP contribution is 2.23. The number of aromatic nitrogens is 4. The Balaban J connectivity index is 2.09. The molecule has 0 saturated heterocycles. The summed E-state index contributed by atoms with van der Waals surface area (Å²) in [6, 6.07) is 0. The average Bonchev–Trinajstić information content (AvgIpc) is 2.96. The van der Waals surface area contributed by atoms with E-state index in [-0.39, 0.29) is 24.2 Å². The number of nitrogens with zero attached hydrogens (tertiary/aromatic N) is 4. The molecule has 3 N–H and O–H groups in total. The highest BCUT2D eigenvalue weighted by atomic mass is 32.2. The third-order valence-corrected chi connectivity index (χ3v) is 4.71. The van der Waals surface area contributed by atoms with Gasteiger partial charge in [0.25, 0.3) is 0 Å². The van der Waals surface area contributed by atoms with Gasteiger partial charge in [0.2, 0.25) is 11.9 Å². The lowest BCUT2D eigenvalue weighted by molar-refractivity contribution is -0.116. The summed E-state index contributed by atoms with van der Waals surface area (Å²) in [5, 5.41) is 11.3. The van der Waals surface area contributed by atoms with E-state index in [0.717, 1.165) is 17.1 Å². The van der Waals surface area contributed by atoms with Crippen LogP contribution in [0.1, 0.15) is 29.2 Å². The van der Waals surface area contributed by atoms with Gasteiger partial charge in [0.15, 0.2) is 16.1 Å². The van der Waals surface area contributed by atoms with E-state index >= 15 is 0 Å². The van der Waals surface area contributed by atoms with Crippen molar-refractivity contribution in [3.8, 4) is 0 Å². The minimum absolute atomic E-state index is 0.00476. The Hall–Kier alpha value is -1.94. The van der Waals surface area contributed by atoms with Crippen molar-refractivity contribution in [1.29, 1.82) is 0 Å². The highest BCUT2D eigenvalue weighted by molar-refractivity contribution is 7.99. The minimum Gasteiger partial charge on any atom is -0.368 e. The van der Waals surface area contributed by atoms with Crippen LogP contribution < -0.4 is 11.1 Å². The molecule has 0 aliphatic heterocycles. The molecular weight excluding hydrogens is 324 g/mol. The number of ketones is 1. The van der Waals surface area contributed by atoms with Crippen LogP contribution in [0.2, 0.25) is 0 Å². The van der Waals surface area contributed by atoms with Crippen molar-refractivity contribution < 1.29 is 9.59 Å². The van der Waals surface area contributed by atoms with E-state index in [1.165, 1.54) is 23.3 Å². The van der Waals surface area contributed by atoms with Crippen LogP contribution in [0.5, 0.6) is 0 Å². The largest absolute Gasteiger partial charge is 0.368 e. The van der Waals surface area contributed by atoms with Gasteiger partial charge in [-0.25, -0.2) is 4.98 Å². The topological polar surface area (TPSA) is 116 Å². The third kappa shape index (κ3) is 3.63. The van der Waals surface area contributed by atoms with Crippen molar-refractivity contribution in [3.63, 3.8) is 0 Å².